The molecule has 1 aliphatic heterocycles. The Kier molecular flexibility index (Phi) is 6.17. The third-order valence-corrected chi connectivity index (χ3v) is 6.34. The maximum Gasteiger partial charge on any atom is 0.263 e. The average molecular weight is 417 g/mol. The van der Waals surface area contributed by atoms with Crippen LogP contribution in [0.5, 0.6) is 5.75 Å². The number of ether oxygens (including phenoxy) is 1. The number of carbonyl (C=O) groups excluding carboxylic acids is 1. The van der Waals surface area contributed by atoms with Crippen LogP contribution in [-0.4, -0.2) is 33.2 Å². The highest BCUT2D eigenvalue weighted by Gasteiger charge is 2.35. The monoisotopic (exact) mass is 416 g/mol. The van der Waals surface area contributed by atoms with Gasteiger partial charge < -0.3 is 10.1 Å². The first kappa shape index (κ1) is 21.2. The Bertz CT molecular complexity index is 1020. The number of sulfonamides is 1. The second-order valence-electron chi connectivity index (χ2n) is 7.40. The van der Waals surface area contributed by atoms with Crippen LogP contribution in [0.15, 0.2) is 36.4 Å². The van der Waals surface area contributed by atoms with Gasteiger partial charge in [-0.2, -0.15) is 0 Å². The predicted molar refractivity (Wildman–Crippen MR) is 115 cm³/mol. The predicted octanol–water partition coefficient (Wildman–Crippen LogP) is 2.96. The zero-order chi connectivity index (χ0) is 21.2. The second kappa shape index (κ2) is 8.45. The van der Waals surface area contributed by atoms with Crippen molar-refractivity contribution in [3.8, 4) is 5.75 Å². The minimum absolute atomic E-state index is 0.0453. The Balaban J connectivity index is 1.80. The molecule has 3 rings (SSSR count). The van der Waals surface area contributed by atoms with Gasteiger partial charge in [-0.3, -0.25) is 9.10 Å². The smallest absolute Gasteiger partial charge is 0.263 e. The van der Waals surface area contributed by atoms with Crippen LogP contribution >= 0.6 is 0 Å². The summed E-state index contributed by atoms with van der Waals surface area (Å²) in [6.07, 6.45) is 2.04. The summed E-state index contributed by atoms with van der Waals surface area (Å²) in [4.78, 5) is 12.8. The molecule has 0 bridgehead atoms. The van der Waals surface area contributed by atoms with E-state index in [1.54, 1.807) is 12.1 Å². The van der Waals surface area contributed by atoms with E-state index >= 15 is 0 Å². The molecule has 0 unspecified atom stereocenters. The van der Waals surface area contributed by atoms with Crippen LogP contribution in [0.4, 0.5) is 5.69 Å². The maximum absolute atomic E-state index is 12.8. The molecule has 0 spiro atoms. The van der Waals surface area contributed by atoms with E-state index in [1.165, 1.54) is 15.4 Å². The zero-order valence-corrected chi connectivity index (χ0v) is 18.2. The van der Waals surface area contributed by atoms with Gasteiger partial charge >= 0.3 is 0 Å². The minimum atomic E-state index is -3.53. The molecule has 0 saturated carbocycles. The molecule has 0 saturated heterocycles. The first-order valence-electron chi connectivity index (χ1n) is 9.86. The summed E-state index contributed by atoms with van der Waals surface area (Å²) in [6, 6.07) is 11.6. The number of anilines is 1. The number of fused-ring (bicyclic) bond motifs is 1. The highest BCUT2D eigenvalue weighted by molar-refractivity contribution is 7.92. The molecule has 29 heavy (non-hydrogen) atoms. The van der Waals surface area contributed by atoms with Gasteiger partial charge in [0.25, 0.3) is 5.91 Å². The molecule has 156 valence electrons. The van der Waals surface area contributed by atoms with Gasteiger partial charge in [0.15, 0.2) is 6.10 Å². The van der Waals surface area contributed by atoms with Crippen molar-refractivity contribution in [1.29, 1.82) is 0 Å². The number of rotatable bonds is 6. The summed E-state index contributed by atoms with van der Waals surface area (Å²) >= 11 is 0. The van der Waals surface area contributed by atoms with E-state index in [1.807, 2.05) is 13.0 Å². The van der Waals surface area contributed by atoms with E-state index in [9.17, 15) is 13.2 Å². The summed E-state index contributed by atoms with van der Waals surface area (Å²) in [6.45, 7) is 6.41. The molecule has 0 radical (unpaired) electrons. The van der Waals surface area contributed by atoms with E-state index in [0.29, 0.717) is 18.0 Å². The number of hydrogen-bond acceptors (Lipinski definition) is 4. The van der Waals surface area contributed by atoms with Gasteiger partial charge in [0, 0.05) is 6.54 Å². The van der Waals surface area contributed by atoms with Gasteiger partial charge in [0.2, 0.25) is 10.0 Å². The van der Waals surface area contributed by atoms with Crippen molar-refractivity contribution in [1.82, 2.24) is 5.32 Å². The second-order valence-corrected chi connectivity index (χ2v) is 9.31. The molecule has 0 aromatic heterocycles. The number of hydrogen-bond donors (Lipinski definition) is 1. The molecule has 2 aromatic carbocycles. The molecule has 2 aromatic rings. The van der Waals surface area contributed by atoms with Crippen LogP contribution in [0, 0.1) is 6.92 Å². The van der Waals surface area contributed by atoms with Crippen molar-refractivity contribution in [2.75, 3.05) is 17.1 Å². The molecule has 1 aliphatic rings. The molecule has 1 atom stereocenters. The molecule has 6 nitrogen and oxygen atoms in total. The lowest BCUT2D eigenvalue weighted by Gasteiger charge is -2.34. The van der Waals surface area contributed by atoms with Crippen molar-refractivity contribution in [3.05, 3.63) is 58.7 Å². The molecule has 1 heterocycles. The fourth-order valence-corrected chi connectivity index (χ4v) is 4.43. The fourth-order valence-electron chi connectivity index (χ4n) is 3.52. The molecular formula is C22H28N2O4S. The molecular weight excluding hydrogens is 388 g/mol. The number of benzene rings is 2. The van der Waals surface area contributed by atoms with Crippen molar-refractivity contribution in [3.63, 3.8) is 0 Å². The van der Waals surface area contributed by atoms with Crippen molar-refractivity contribution < 1.29 is 17.9 Å². The minimum Gasteiger partial charge on any atom is -0.476 e. The highest BCUT2D eigenvalue weighted by Crippen LogP contribution is 2.35. The lowest BCUT2D eigenvalue weighted by atomic mass is 10.0. The largest absolute Gasteiger partial charge is 0.476 e. The Morgan fingerprint density at radius 2 is 1.90 bits per heavy atom. The topological polar surface area (TPSA) is 75.7 Å². The van der Waals surface area contributed by atoms with E-state index in [4.69, 9.17) is 4.74 Å². The van der Waals surface area contributed by atoms with Crippen molar-refractivity contribution in [2.45, 2.75) is 46.3 Å². The summed E-state index contributed by atoms with van der Waals surface area (Å²) in [5.74, 6) is 0.0822. The average Bonchev–Trinajstić information content (AvgIpc) is 2.69. The van der Waals surface area contributed by atoms with Crippen LogP contribution < -0.4 is 14.4 Å². The summed E-state index contributed by atoms with van der Waals surface area (Å²) < 4.78 is 31.7. The van der Waals surface area contributed by atoms with E-state index < -0.39 is 16.1 Å². The van der Waals surface area contributed by atoms with Gasteiger partial charge in [0.05, 0.1) is 18.5 Å². The highest BCUT2D eigenvalue weighted by atomic mass is 32.2. The molecule has 1 N–H and O–H groups in total. The summed E-state index contributed by atoms with van der Waals surface area (Å²) in [7, 11) is -3.53. The molecule has 0 aliphatic carbocycles. The standard InChI is InChI=1S/C22H28N2O4S/c1-5-16-8-9-17(6-2)18(12-16)13-23-22(25)21-14-24(29(4,26)27)19-10-7-15(3)11-20(19)28-21/h7-12,21H,5-6,13-14H2,1-4H3,(H,23,25)/t21-/m0/s1. The summed E-state index contributed by atoms with van der Waals surface area (Å²) in [5.41, 5.74) is 4.87. The molecule has 1 amide bonds. The lowest BCUT2D eigenvalue weighted by Crippen LogP contribution is -2.50. The Labute approximate surface area is 172 Å². The number of carbonyl (C=O) groups is 1. The quantitative estimate of drug-likeness (QED) is 0.786. The van der Waals surface area contributed by atoms with Crippen LogP contribution in [0.1, 0.15) is 36.1 Å². The molecule has 7 heteroatoms. The number of nitrogens with zero attached hydrogens (tertiary/aromatic N) is 1. The zero-order valence-electron chi connectivity index (χ0n) is 17.4. The Hall–Kier alpha value is -2.54. The van der Waals surface area contributed by atoms with Crippen molar-refractivity contribution >= 4 is 21.6 Å². The normalized spacial score (nSPS) is 16.1. The van der Waals surface area contributed by atoms with Gasteiger partial charge in [-0.15, -0.1) is 0 Å². The van der Waals surface area contributed by atoms with Gasteiger partial charge in [-0.25, -0.2) is 8.42 Å². The Morgan fingerprint density at radius 1 is 1.14 bits per heavy atom. The van der Waals surface area contributed by atoms with E-state index in [0.717, 1.165) is 30.2 Å². The first-order valence-corrected chi connectivity index (χ1v) is 11.7. The number of aryl methyl sites for hydroxylation is 3. The van der Waals surface area contributed by atoms with Gasteiger partial charge in [-0.1, -0.05) is 38.1 Å². The first-order chi connectivity index (χ1) is 13.7. The third kappa shape index (κ3) is 4.72. The van der Waals surface area contributed by atoms with E-state index in [2.05, 4.69) is 37.4 Å². The molecule has 0 fully saturated rings. The van der Waals surface area contributed by atoms with Crippen LogP contribution in [0.25, 0.3) is 0 Å². The third-order valence-electron chi connectivity index (χ3n) is 5.19. The van der Waals surface area contributed by atoms with Gasteiger partial charge in [0.1, 0.15) is 5.75 Å². The number of amides is 1. The summed E-state index contributed by atoms with van der Waals surface area (Å²) in [5, 5.41) is 2.93. The van der Waals surface area contributed by atoms with Gasteiger partial charge in [-0.05, 0) is 54.2 Å². The lowest BCUT2D eigenvalue weighted by molar-refractivity contribution is -0.127. The van der Waals surface area contributed by atoms with Crippen LogP contribution in [0.2, 0.25) is 0 Å². The number of nitrogens with one attached hydrogen (secondary N) is 1. The van der Waals surface area contributed by atoms with E-state index in [-0.39, 0.29) is 12.5 Å². The van der Waals surface area contributed by atoms with Crippen LogP contribution in [0.3, 0.4) is 0 Å². The Morgan fingerprint density at radius 3 is 2.55 bits per heavy atom. The maximum atomic E-state index is 12.8. The van der Waals surface area contributed by atoms with Crippen LogP contribution in [-0.2, 0) is 34.2 Å². The van der Waals surface area contributed by atoms with Crippen molar-refractivity contribution in [2.24, 2.45) is 0 Å². The SMILES string of the molecule is CCc1ccc(CC)c(CNC(=O)[C@@H]2CN(S(C)(=O)=O)c3ccc(C)cc3O2)c1. The fraction of sp³-hybridized carbons (Fsp3) is 0.409.